The summed E-state index contributed by atoms with van der Waals surface area (Å²) in [5.74, 6) is 2.55. The fraction of sp³-hybridized carbons (Fsp3) is 0.667. The number of aliphatic hydroxyl groups excluding tert-OH is 1. The minimum absolute atomic E-state index is 0.0312. The van der Waals surface area contributed by atoms with Gasteiger partial charge in [-0.25, -0.2) is 0 Å². The van der Waals surface area contributed by atoms with Gasteiger partial charge in [0, 0.05) is 11.0 Å². The van der Waals surface area contributed by atoms with E-state index in [2.05, 4.69) is 13.0 Å². The van der Waals surface area contributed by atoms with Crippen LogP contribution in [-0.2, 0) is 11.8 Å². The molecule has 2 N–H and O–H groups in total. The summed E-state index contributed by atoms with van der Waals surface area (Å²) >= 11 is 0. The van der Waals surface area contributed by atoms with Gasteiger partial charge < -0.3 is 14.9 Å². The van der Waals surface area contributed by atoms with Gasteiger partial charge in [-0.15, -0.1) is 0 Å². The Balaban J connectivity index is 1.81. The van der Waals surface area contributed by atoms with E-state index in [0.717, 1.165) is 25.2 Å². The van der Waals surface area contributed by atoms with Crippen LogP contribution in [0.5, 0.6) is 11.5 Å². The highest BCUT2D eigenvalue weighted by Gasteiger charge is 2.65. The predicted octanol–water partition coefficient (Wildman–Crippen LogP) is 2.76. The van der Waals surface area contributed by atoms with Crippen LogP contribution in [0.25, 0.3) is 0 Å². The number of benzene rings is 1. The van der Waals surface area contributed by atoms with E-state index in [-0.39, 0.29) is 23.2 Å². The Morgan fingerprint density at radius 1 is 1.33 bits per heavy atom. The average Bonchev–Trinajstić information content (AvgIpc) is 2.80. The number of phenols is 1. The molecule has 1 spiro atoms. The van der Waals surface area contributed by atoms with Crippen LogP contribution in [0.3, 0.4) is 0 Å². The highest BCUT2D eigenvalue weighted by molar-refractivity contribution is 5.60. The van der Waals surface area contributed by atoms with Gasteiger partial charge in [0.15, 0.2) is 11.5 Å². The number of ether oxygens (including phenoxy) is 1. The van der Waals surface area contributed by atoms with Crippen LogP contribution >= 0.6 is 0 Å². The summed E-state index contributed by atoms with van der Waals surface area (Å²) in [6, 6.07) is 3.86. The standard InChI is InChI=1S/C18H22O3/c1-9-7-12-10-3-2-6-18(12)14-11(8-10)4-5-13(19)16(14)21-17(18)15(9)20/h4-5,9-10,12,15,17,19-20H,2-3,6-8H2,1H3/t9-,10-,12+,15?,17+,18+/m1/s1. The molecule has 1 heterocycles. The Kier molecular flexibility index (Phi) is 2.20. The second-order valence-electron chi connectivity index (χ2n) is 7.69. The second kappa shape index (κ2) is 3.75. The van der Waals surface area contributed by atoms with Gasteiger partial charge in [-0.1, -0.05) is 19.4 Å². The number of hydrogen-bond acceptors (Lipinski definition) is 3. The van der Waals surface area contributed by atoms with Crippen molar-refractivity contribution in [1.82, 2.24) is 0 Å². The topological polar surface area (TPSA) is 49.7 Å². The van der Waals surface area contributed by atoms with E-state index < -0.39 is 6.10 Å². The summed E-state index contributed by atoms with van der Waals surface area (Å²) in [5.41, 5.74) is 2.57. The van der Waals surface area contributed by atoms with Crippen molar-refractivity contribution in [3.8, 4) is 11.5 Å². The van der Waals surface area contributed by atoms with E-state index in [4.69, 9.17) is 4.74 Å². The molecule has 1 aromatic carbocycles. The molecule has 2 saturated carbocycles. The molecule has 112 valence electrons. The summed E-state index contributed by atoms with van der Waals surface area (Å²) in [4.78, 5) is 0. The molecule has 1 aromatic rings. The summed E-state index contributed by atoms with van der Waals surface area (Å²) in [7, 11) is 0. The molecule has 3 nitrogen and oxygen atoms in total. The Morgan fingerprint density at radius 2 is 2.19 bits per heavy atom. The van der Waals surface area contributed by atoms with Crippen molar-refractivity contribution in [1.29, 1.82) is 0 Å². The number of aliphatic hydroxyl groups is 1. The largest absolute Gasteiger partial charge is 0.504 e. The summed E-state index contributed by atoms with van der Waals surface area (Å²) in [6.07, 6.45) is 5.27. The quantitative estimate of drug-likeness (QED) is 0.771. The van der Waals surface area contributed by atoms with Gasteiger partial charge in [0.05, 0.1) is 6.10 Å². The summed E-state index contributed by atoms with van der Waals surface area (Å²) in [6.45, 7) is 2.15. The maximum absolute atomic E-state index is 10.7. The molecule has 0 amide bonds. The van der Waals surface area contributed by atoms with E-state index in [1.54, 1.807) is 6.07 Å². The lowest BCUT2D eigenvalue weighted by Gasteiger charge is -2.57. The zero-order chi connectivity index (χ0) is 14.4. The van der Waals surface area contributed by atoms with Gasteiger partial charge in [-0.05, 0) is 55.1 Å². The van der Waals surface area contributed by atoms with Crippen LogP contribution in [0.15, 0.2) is 12.1 Å². The van der Waals surface area contributed by atoms with Crippen molar-refractivity contribution in [3.05, 3.63) is 23.3 Å². The smallest absolute Gasteiger partial charge is 0.165 e. The van der Waals surface area contributed by atoms with Crippen molar-refractivity contribution >= 4 is 0 Å². The molecular weight excluding hydrogens is 264 g/mol. The fourth-order valence-corrected chi connectivity index (χ4v) is 6.06. The van der Waals surface area contributed by atoms with Crippen LogP contribution in [-0.4, -0.2) is 22.4 Å². The normalized spacial score (nSPS) is 45.9. The minimum atomic E-state index is -0.419. The Bertz CT molecular complexity index is 625. The Morgan fingerprint density at radius 3 is 3.05 bits per heavy atom. The van der Waals surface area contributed by atoms with Crippen LogP contribution in [0.2, 0.25) is 0 Å². The van der Waals surface area contributed by atoms with E-state index >= 15 is 0 Å². The lowest BCUT2D eigenvalue weighted by atomic mass is 9.47. The van der Waals surface area contributed by atoms with Gasteiger partial charge in [0.1, 0.15) is 6.10 Å². The molecule has 0 radical (unpaired) electrons. The number of rotatable bonds is 0. The first-order valence-electron chi connectivity index (χ1n) is 8.33. The molecule has 3 aliphatic carbocycles. The van der Waals surface area contributed by atoms with E-state index in [9.17, 15) is 10.2 Å². The van der Waals surface area contributed by atoms with E-state index in [1.165, 1.54) is 24.0 Å². The zero-order valence-electron chi connectivity index (χ0n) is 12.4. The lowest BCUT2D eigenvalue weighted by Crippen LogP contribution is -2.62. The Labute approximate surface area is 124 Å². The minimum Gasteiger partial charge on any atom is -0.504 e. The maximum atomic E-state index is 10.7. The van der Waals surface area contributed by atoms with Crippen molar-refractivity contribution in [2.24, 2.45) is 17.8 Å². The molecule has 2 fully saturated rings. The van der Waals surface area contributed by atoms with Crippen molar-refractivity contribution in [2.45, 2.75) is 56.7 Å². The first-order valence-corrected chi connectivity index (χ1v) is 8.33. The van der Waals surface area contributed by atoms with Crippen LogP contribution in [0.4, 0.5) is 0 Å². The van der Waals surface area contributed by atoms with Crippen LogP contribution in [0.1, 0.15) is 43.7 Å². The first kappa shape index (κ1) is 12.3. The first-order chi connectivity index (χ1) is 10.1. The van der Waals surface area contributed by atoms with Gasteiger partial charge in [0.2, 0.25) is 0 Å². The van der Waals surface area contributed by atoms with E-state index in [1.807, 2.05) is 0 Å². The van der Waals surface area contributed by atoms with E-state index in [0.29, 0.717) is 11.7 Å². The predicted molar refractivity (Wildman–Crippen MR) is 78.5 cm³/mol. The number of hydrogen-bond donors (Lipinski definition) is 2. The third kappa shape index (κ3) is 1.26. The molecule has 2 bridgehead atoms. The summed E-state index contributed by atoms with van der Waals surface area (Å²) < 4.78 is 6.19. The van der Waals surface area contributed by atoms with Gasteiger partial charge in [0.25, 0.3) is 0 Å². The van der Waals surface area contributed by atoms with Crippen molar-refractivity contribution < 1.29 is 14.9 Å². The second-order valence-corrected chi connectivity index (χ2v) is 7.69. The molecule has 6 atom stereocenters. The highest BCUT2D eigenvalue weighted by atomic mass is 16.5. The Hall–Kier alpha value is -1.22. The van der Waals surface area contributed by atoms with Gasteiger partial charge in [-0.2, -0.15) is 0 Å². The van der Waals surface area contributed by atoms with Crippen LogP contribution in [0, 0.1) is 17.8 Å². The van der Waals surface area contributed by atoms with Crippen LogP contribution < -0.4 is 4.74 Å². The lowest BCUT2D eigenvalue weighted by molar-refractivity contribution is -0.111. The molecule has 4 aliphatic rings. The zero-order valence-corrected chi connectivity index (χ0v) is 12.4. The van der Waals surface area contributed by atoms with Crippen molar-refractivity contribution in [2.75, 3.05) is 0 Å². The monoisotopic (exact) mass is 286 g/mol. The summed E-state index contributed by atoms with van der Waals surface area (Å²) in [5, 5.41) is 21.0. The average molecular weight is 286 g/mol. The highest BCUT2D eigenvalue weighted by Crippen LogP contribution is 2.66. The number of aromatic hydroxyl groups is 1. The molecule has 0 aromatic heterocycles. The third-order valence-electron chi connectivity index (χ3n) is 6.84. The molecule has 1 aliphatic heterocycles. The molecule has 1 unspecified atom stereocenters. The molecule has 21 heavy (non-hydrogen) atoms. The fourth-order valence-electron chi connectivity index (χ4n) is 6.06. The molecule has 3 heteroatoms. The molecule has 0 saturated heterocycles. The SMILES string of the molecule is C[C@@H]1C[C@H]2[C@@H]3CCC[C@@]24c2c(ccc(O)c2O[C@H]4C1O)C3. The number of phenolic OH excluding ortho intramolecular Hbond substituents is 1. The third-order valence-corrected chi connectivity index (χ3v) is 6.84. The molecule has 5 rings (SSSR count). The molecular formula is C18H22O3. The maximum Gasteiger partial charge on any atom is 0.165 e. The van der Waals surface area contributed by atoms with Gasteiger partial charge in [-0.3, -0.25) is 0 Å². The van der Waals surface area contributed by atoms with Crippen molar-refractivity contribution in [3.63, 3.8) is 0 Å². The van der Waals surface area contributed by atoms with Gasteiger partial charge >= 0.3 is 0 Å².